The first kappa shape index (κ1) is 16.8. The highest BCUT2D eigenvalue weighted by atomic mass is 16.5. The second kappa shape index (κ2) is 7.21. The van der Waals surface area contributed by atoms with Crippen molar-refractivity contribution in [3.05, 3.63) is 36.0 Å². The molecule has 3 rings (SSSR count). The predicted octanol–water partition coefficient (Wildman–Crippen LogP) is 3.08. The molecule has 0 bridgehead atoms. The first-order valence-electron chi connectivity index (χ1n) is 8.55. The average Bonchev–Trinajstić information content (AvgIpc) is 3.12. The van der Waals surface area contributed by atoms with Gasteiger partial charge in [0.25, 0.3) is 0 Å². The van der Waals surface area contributed by atoms with Gasteiger partial charge in [0.05, 0.1) is 13.2 Å². The summed E-state index contributed by atoms with van der Waals surface area (Å²) in [5.41, 5.74) is 1.21. The Bertz CT molecular complexity index is 663. The molecule has 6 nitrogen and oxygen atoms in total. The molecular formula is C18H26N4O2. The summed E-state index contributed by atoms with van der Waals surface area (Å²) < 4.78 is 10.8. The van der Waals surface area contributed by atoms with Gasteiger partial charge in [0, 0.05) is 43.9 Å². The fourth-order valence-corrected chi connectivity index (χ4v) is 2.98. The van der Waals surface area contributed by atoms with Crippen molar-refractivity contribution in [2.24, 2.45) is 0 Å². The maximum absolute atomic E-state index is 5.45. The summed E-state index contributed by atoms with van der Waals surface area (Å²) in [7, 11) is 1.70. The molecule has 1 aromatic heterocycles. The highest BCUT2D eigenvalue weighted by molar-refractivity contribution is 5.51. The van der Waals surface area contributed by atoms with E-state index in [1.165, 1.54) is 5.69 Å². The zero-order chi connectivity index (χ0) is 17.1. The summed E-state index contributed by atoms with van der Waals surface area (Å²) in [5.74, 6) is 2.69. The van der Waals surface area contributed by atoms with Gasteiger partial charge in [0.15, 0.2) is 5.82 Å². The molecule has 24 heavy (non-hydrogen) atoms. The molecule has 1 saturated heterocycles. The van der Waals surface area contributed by atoms with E-state index in [-0.39, 0.29) is 6.04 Å². The smallest absolute Gasteiger partial charge is 0.243 e. The van der Waals surface area contributed by atoms with E-state index in [0.717, 1.165) is 37.8 Å². The molecule has 0 saturated carbocycles. The maximum atomic E-state index is 5.45. The number of benzene rings is 1. The molecule has 0 radical (unpaired) electrons. The van der Waals surface area contributed by atoms with Crippen molar-refractivity contribution < 1.29 is 9.26 Å². The fourth-order valence-electron chi connectivity index (χ4n) is 2.98. The van der Waals surface area contributed by atoms with Gasteiger partial charge in [-0.1, -0.05) is 25.1 Å². The van der Waals surface area contributed by atoms with Gasteiger partial charge >= 0.3 is 0 Å². The van der Waals surface area contributed by atoms with Crippen LogP contribution in [-0.2, 0) is 0 Å². The Kier molecular flexibility index (Phi) is 5.04. The fraction of sp³-hybridized carbons (Fsp3) is 0.556. The van der Waals surface area contributed by atoms with E-state index in [9.17, 15) is 0 Å². The third-order valence-corrected chi connectivity index (χ3v) is 4.61. The lowest BCUT2D eigenvalue weighted by Gasteiger charge is -2.38. The lowest BCUT2D eigenvalue weighted by molar-refractivity contribution is 0.164. The van der Waals surface area contributed by atoms with Crippen molar-refractivity contribution in [1.29, 1.82) is 0 Å². The molecule has 0 aliphatic carbocycles. The minimum Gasteiger partial charge on any atom is -0.497 e. The van der Waals surface area contributed by atoms with Crippen LogP contribution in [0.2, 0.25) is 0 Å². The van der Waals surface area contributed by atoms with E-state index in [1.807, 2.05) is 12.1 Å². The monoisotopic (exact) mass is 330 g/mol. The van der Waals surface area contributed by atoms with Gasteiger partial charge in [-0.2, -0.15) is 4.98 Å². The van der Waals surface area contributed by atoms with Gasteiger partial charge in [0.1, 0.15) is 5.75 Å². The Morgan fingerprint density at radius 2 is 1.88 bits per heavy atom. The first-order chi connectivity index (χ1) is 11.6. The molecular weight excluding hydrogens is 304 g/mol. The second-order valence-electron chi connectivity index (χ2n) is 6.55. The van der Waals surface area contributed by atoms with Gasteiger partial charge in [0.2, 0.25) is 5.89 Å². The van der Waals surface area contributed by atoms with E-state index in [2.05, 4.69) is 52.8 Å². The molecule has 1 aromatic carbocycles. The van der Waals surface area contributed by atoms with E-state index in [0.29, 0.717) is 11.8 Å². The van der Waals surface area contributed by atoms with Gasteiger partial charge in [-0.05, 0) is 19.1 Å². The molecule has 130 valence electrons. The number of nitrogens with zero attached hydrogens (tertiary/aromatic N) is 4. The molecule has 0 spiro atoms. The van der Waals surface area contributed by atoms with Crippen LogP contribution in [0.15, 0.2) is 28.8 Å². The van der Waals surface area contributed by atoms with Gasteiger partial charge in [-0.25, -0.2) is 0 Å². The highest BCUT2D eigenvalue weighted by Crippen LogP contribution is 2.25. The zero-order valence-electron chi connectivity index (χ0n) is 14.9. The van der Waals surface area contributed by atoms with Crippen LogP contribution in [0.1, 0.15) is 44.4 Å². The molecule has 1 fully saturated rings. The first-order valence-corrected chi connectivity index (χ1v) is 8.55. The Labute approximate surface area is 143 Å². The Morgan fingerprint density at radius 3 is 2.50 bits per heavy atom. The number of methoxy groups -OCH3 is 1. The summed E-state index contributed by atoms with van der Waals surface area (Å²) in [5, 5.41) is 4.08. The molecule has 6 heteroatoms. The van der Waals surface area contributed by atoms with E-state index in [4.69, 9.17) is 9.26 Å². The largest absolute Gasteiger partial charge is 0.497 e. The summed E-state index contributed by atoms with van der Waals surface area (Å²) in [6, 6.07) is 8.39. The molecule has 2 aromatic rings. The molecule has 1 unspecified atom stereocenters. The number of ether oxygens (including phenoxy) is 1. The lowest BCUT2D eigenvalue weighted by atomic mass is 10.2. The third-order valence-electron chi connectivity index (χ3n) is 4.61. The van der Waals surface area contributed by atoms with E-state index in [1.54, 1.807) is 7.11 Å². The van der Waals surface area contributed by atoms with Gasteiger partial charge < -0.3 is 14.2 Å². The molecule has 0 N–H and O–H groups in total. The molecule has 1 atom stereocenters. The Hall–Kier alpha value is -2.08. The number of aromatic nitrogens is 2. The number of hydrogen-bond acceptors (Lipinski definition) is 6. The van der Waals surface area contributed by atoms with Crippen LogP contribution in [0.3, 0.4) is 0 Å². The quantitative estimate of drug-likeness (QED) is 0.840. The van der Waals surface area contributed by atoms with Crippen molar-refractivity contribution in [3.63, 3.8) is 0 Å². The molecule has 0 amide bonds. The predicted molar refractivity (Wildman–Crippen MR) is 93.6 cm³/mol. The average molecular weight is 330 g/mol. The van der Waals surface area contributed by atoms with Gasteiger partial charge in [-0.15, -0.1) is 0 Å². The Morgan fingerprint density at radius 1 is 1.12 bits per heavy atom. The van der Waals surface area contributed by atoms with Crippen LogP contribution in [0.4, 0.5) is 5.69 Å². The number of anilines is 1. The minimum absolute atomic E-state index is 0.150. The molecule has 1 aliphatic heterocycles. The number of rotatable bonds is 5. The zero-order valence-corrected chi connectivity index (χ0v) is 14.9. The lowest BCUT2D eigenvalue weighted by Crippen LogP contribution is -2.47. The third kappa shape index (κ3) is 3.53. The SMILES string of the molecule is COc1cccc(N2CCN(C(C)c3nc(C(C)C)no3)CC2)c1. The van der Waals surface area contributed by atoms with E-state index >= 15 is 0 Å². The van der Waals surface area contributed by atoms with Crippen molar-refractivity contribution >= 4 is 5.69 Å². The number of hydrogen-bond donors (Lipinski definition) is 0. The second-order valence-corrected chi connectivity index (χ2v) is 6.55. The number of piperazine rings is 1. The van der Waals surface area contributed by atoms with E-state index < -0.39 is 0 Å². The van der Waals surface area contributed by atoms with Crippen LogP contribution in [-0.4, -0.2) is 48.3 Å². The highest BCUT2D eigenvalue weighted by Gasteiger charge is 2.26. The van der Waals surface area contributed by atoms with Crippen LogP contribution in [0.5, 0.6) is 5.75 Å². The summed E-state index contributed by atoms with van der Waals surface area (Å²) in [6.45, 7) is 10.2. The van der Waals surface area contributed by atoms with Crippen LogP contribution in [0.25, 0.3) is 0 Å². The molecule has 2 heterocycles. The topological polar surface area (TPSA) is 54.6 Å². The summed E-state index contributed by atoms with van der Waals surface area (Å²) in [6.07, 6.45) is 0. The summed E-state index contributed by atoms with van der Waals surface area (Å²) in [4.78, 5) is 9.32. The normalized spacial score (nSPS) is 17.3. The Balaban J connectivity index is 1.61. The van der Waals surface area contributed by atoms with Crippen molar-refractivity contribution in [2.75, 3.05) is 38.2 Å². The van der Waals surface area contributed by atoms with Crippen molar-refractivity contribution in [3.8, 4) is 5.75 Å². The summed E-state index contributed by atoms with van der Waals surface area (Å²) >= 11 is 0. The molecule has 1 aliphatic rings. The maximum Gasteiger partial charge on any atom is 0.243 e. The van der Waals surface area contributed by atoms with Crippen LogP contribution >= 0.6 is 0 Å². The standard InChI is InChI=1S/C18H26N4O2/c1-13(2)17-19-18(24-20-17)14(3)21-8-10-22(11-9-21)15-6-5-7-16(12-15)23-4/h5-7,12-14H,8-11H2,1-4H3. The van der Waals surface area contributed by atoms with Crippen LogP contribution < -0.4 is 9.64 Å². The minimum atomic E-state index is 0.150. The van der Waals surface area contributed by atoms with Gasteiger partial charge in [-0.3, -0.25) is 4.90 Å². The van der Waals surface area contributed by atoms with Crippen molar-refractivity contribution in [2.45, 2.75) is 32.7 Å². The van der Waals surface area contributed by atoms with Crippen LogP contribution in [0, 0.1) is 0 Å². The van der Waals surface area contributed by atoms with Crippen molar-refractivity contribution in [1.82, 2.24) is 15.0 Å².